The van der Waals surface area contributed by atoms with Crippen molar-refractivity contribution < 1.29 is 8.42 Å². The SMILES string of the molecule is O=S1(=O)CCc2nc3c(Cl)cc(Cl)cn3c2C1. The van der Waals surface area contributed by atoms with Gasteiger partial charge in [-0.05, 0) is 6.07 Å². The van der Waals surface area contributed by atoms with Crippen LogP contribution in [-0.4, -0.2) is 23.6 Å². The van der Waals surface area contributed by atoms with Crippen LogP contribution in [0.15, 0.2) is 12.3 Å². The maximum atomic E-state index is 11.6. The summed E-state index contributed by atoms with van der Waals surface area (Å²) >= 11 is 11.9. The number of pyridine rings is 1. The molecule has 0 unspecified atom stereocenters. The maximum Gasteiger partial charge on any atom is 0.156 e. The molecule has 4 nitrogen and oxygen atoms in total. The number of hydrogen-bond donors (Lipinski definition) is 0. The van der Waals surface area contributed by atoms with Crippen molar-refractivity contribution in [3.05, 3.63) is 33.7 Å². The minimum absolute atomic E-state index is 0.000170. The van der Waals surface area contributed by atoms with Gasteiger partial charge >= 0.3 is 0 Å². The second kappa shape index (κ2) is 3.60. The number of aryl methyl sites for hydroxylation is 1. The molecule has 2 aromatic rings. The highest BCUT2D eigenvalue weighted by molar-refractivity contribution is 7.90. The zero-order valence-electron chi connectivity index (χ0n) is 8.65. The Bertz CT molecular complexity index is 721. The number of imidazole rings is 1. The van der Waals surface area contributed by atoms with Crippen LogP contribution in [-0.2, 0) is 22.0 Å². The Hall–Kier alpha value is -0.780. The summed E-state index contributed by atoms with van der Waals surface area (Å²) in [6.45, 7) is 0. The monoisotopic (exact) mass is 290 g/mol. The number of rotatable bonds is 0. The van der Waals surface area contributed by atoms with E-state index in [1.807, 2.05) is 0 Å². The van der Waals surface area contributed by atoms with Crippen LogP contribution >= 0.6 is 23.2 Å². The van der Waals surface area contributed by atoms with E-state index in [4.69, 9.17) is 23.2 Å². The zero-order valence-corrected chi connectivity index (χ0v) is 11.0. The van der Waals surface area contributed by atoms with Crippen molar-refractivity contribution in [1.82, 2.24) is 9.38 Å². The van der Waals surface area contributed by atoms with Crippen molar-refractivity contribution in [1.29, 1.82) is 0 Å². The molecule has 7 heteroatoms. The lowest BCUT2D eigenvalue weighted by atomic mass is 10.3. The summed E-state index contributed by atoms with van der Waals surface area (Å²) in [4.78, 5) is 4.37. The quantitative estimate of drug-likeness (QED) is 0.747. The fraction of sp³-hybridized carbons (Fsp3) is 0.300. The molecule has 0 fully saturated rings. The maximum absolute atomic E-state index is 11.6. The zero-order chi connectivity index (χ0) is 12.2. The van der Waals surface area contributed by atoms with Crippen LogP contribution in [0.25, 0.3) is 5.65 Å². The average Bonchev–Trinajstić information content (AvgIpc) is 2.55. The van der Waals surface area contributed by atoms with Crippen LogP contribution in [0.1, 0.15) is 11.4 Å². The van der Waals surface area contributed by atoms with Crippen LogP contribution in [0.3, 0.4) is 0 Å². The molecule has 1 aliphatic heterocycles. The van der Waals surface area contributed by atoms with E-state index >= 15 is 0 Å². The van der Waals surface area contributed by atoms with Gasteiger partial charge in [0.15, 0.2) is 15.5 Å². The molecule has 0 N–H and O–H groups in total. The Kier molecular flexibility index (Phi) is 2.40. The third-order valence-electron chi connectivity index (χ3n) is 2.83. The van der Waals surface area contributed by atoms with Crippen LogP contribution in [0, 0.1) is 0 Å². The van der Waals surface area contributed by atoms with Crippen LogP contribution in [0.5, 0.6) is 0 Å². The summed E-state index contributed by atoms with van der Waals surface area (Å²) < 4.78 is 24.9. The lowest BCUT2D eigenvalue weighted by Crippen LogP contribution is -2.19. The van der Waals surface area contributed by atoms with Crippen molar-refractivity contribution in [2.45, 2.75) is 12.2 Å². The number of sulfone groups is 1. The molecule has 1 aliphatic rings. The first-order valence-corrected chi connectivity index (χ1v) is 7.59. The van der Waals surface area contributed by atoms with E-state index in [-0.39, 0.29) is 11.5 Å². The van der Waals surface area contributed by atoms with Gasteiger partial charge in [0.2, 0.25) is 0 Å². The van der Waals surface area contributed by atoms with E-state index < -0.39 is 9.84 Å². The molecular formula is C10H8Cl2N2O2S. The van der Waals surface area contributed by atoms with Gasteiger partial charge in [-0.1, -0.05) is 23.2 Å². The highest BCUT2D eigenvalue weighted by Gasteiger charge is 2.26. The molecule has 0 amide bonds. The van der Waals surface area contributed by atoms with Gasteiger partial charge in [0.25, 0.3) is 0 Å². The normalized spacial score (nSPS) is 18.2. The molecule has 0 aliphatic carbocycles. The van der Waals surface area contributed by atoms with Crippen LogP contribution < -0.4 is 0 Å². The van der Waals surface area contributed by atoms with Crippen molar-refractivity contribution in [2.24, 2.45) is 0 Å². The van der Waals surface area contributed by atoms with Gasteiger partial charge in [0.1, 0.15) is 0 Å². The first-order valence-electron chi connectivity index (χ1n) is 5.01. The Morgan fingerprint density at radius 2 is 2.12 bits per heavy atom. The van der Waals surface area contributed by atoms with Crippen LogP contribution in [0.4, 0.5) is 0 Å². The van der Waals surface area contributed by atoms with Crippen molar-refractivity contribution in [3.8, 4) is 0 Å². The van der Waals surface area contributed by atoms with Crippen LogP contribution in [0.2, 0.25) is 10.0 Å². The lowest BCUT2D eigenvalue weighted by molar-refractivity contribution is 0.590. The molecule has 2 aromatic heterocycles. The van der Waals surface area contributed by atoms with Gasteiger partial charge < -0.3 is 4.40 Å². The number of aromatic nitrogens is 2. The van der Waals surface area contributed by atoms with Gasteiger partial charge in [0.05, 0.1) is 32.9 Å². The molecule has 17 heavy (non-hydrogen) atoms. The largest absolute Gasteiger partial charge is 0.300 e. The summed E-state index contributed by atoms with van der Waals surface area (Å²) in [6.07, 6.45) is 2.09. The summed E-state index contributed by atoms with van der Waals surface area (Å²) in [5.74, 6) is 0.148. The molecule has 0 radical (unpaired) electrons. The fourth-order valence-electron chi connectivity index (χ4n) is 2.05. The lowest BCUT2D eigenvalue weighted by Gasteiger charge is -2.11. The Labute approximate surface area is 108 Å². The van der Waals surface area contributed by atoms with Crippen molar-refractivity contribution >= 4 is 38.7 Å². The van der Waals surface area contributed by atoms with Crippen molar-refractivity contribution in [2.75, 3.05) is 5.75 Å². The van der Waals surface area contributed by atoms with Gasteiger partial charge in [-0.3, -0.25) is 0 Å². The number of nitrogens with zero attached hydrogens (tertiary/aromatic N) is 2. The van der Waals surface area contributed by atoms with Gasteiger partial charge in [-0.2, -0.15) is 0 Å². The van der Waals surface area contributed by atoms with E-state index in [9.17, 15) is 8.42 Å². The molecule has 0 bridgehead atoms. The fourth-order valence-corrected chi connectivity index (χ4v) is 3.94. The molecule has 90 valence electrons. The van der Waals surface area contributed by atoms with E-state index in [0.717, 1.165) is 5.69 Å². The molecule has 0 spiro atoms. The molecule has 3 rings (SSSR count). The molecule has 0 atom stereocenters. The molecule has 0 aromatic carbocycles. The summed E-state index contributed by atoms with van der Waals surface area (Å²) in [6, 6.07) is 1.60. The minimum atomic E-state index is -3.03. The highest BCUT2D eigenvalue weighted by atomic mass is 35.5. The van der Waals surface area contributed by atoms with Crippen molar-refractivity contribution in [3.63, 3.8) is 0 Å². The predicted molar refractivity (Wildman–Crippen MR) is 66.4 cm³/mol. The van der Waals surface area contributed by atoms with E-state index in [0.29, 0.717) is 27.8 Å². The molecule has 0 saturated carbocycles. The van der Waals surface area contributed by atoms with E-state index in [2.05, 4.69) is 4.98 Å². The number of fused-ring (bicyclic) bond motifs is 3. The second-order valence-corrected chi connectivity index (χ2v) is 7.07. The smallest absolute Gasteiger partial charge is 0.156 e. The summed E-state index contributed by atoms with van der Waals surface area (Å²) in [5.41, 5.74) is 2.04. The third kappa shape index (κ3) is 1.82. The van der Waals surface area contributed by atoms with Gasteiger partial charge in [-0.15, -0.1) is 0 Å². The highest BCUT2D eigenvalue weighted by Crippen LogP contribution is 2.28. The number of halogens is 2. The Balaban J connectivity index is 2.35. The first-order chi connectivity index (χ1) is 7.96. The second-order valence-electron chi connectivity index (χ2n) is 4.05. The van der Waals surface area contributed by atoms with Gasteiger partial charge in [0, 0.05) is 12.6 Å². The average molecular weight is 291 g/mol. The van der Waals surface area contributed by atoms with E-state index in [1.165, 1.54) is 0 Å². The molecule has 3 heterocycles. The third-order valence-corrected chi connectivity index (χ3v) is 4.85. The first kappa shape index (κ1) is 11.3. The Morgan fingerprint density at radius 1 is 1.35 bits per heavy atom. The summed E-state index contributed by atoms with van der Waals surface area (Å²) in [5, 5.41) is 0.898. The van der Waals surface area contributed by atoms with E-state index in [1.54, 1.807) is 16.7 Å². The topological polar surface area (TPSA) is 51.4 Å². The summed E-state index contributed by atoms with van der Waals surface area (Å²) in [7, 11) is -3.03. The minimum Gasteiger partial charge on any atom is -0.300 e. The standard InChI is InChI=1S/C10H8Cl2N2O2S/c11-6-3-7(12)10-13-8-1-2-17(15,16)5-9(8)14(10)4-6/h3-4H,1-2,5H2. The van der Waals surface area contributed by atoms with Gasteiger partial charge in [-0.25, -0.2) is 13.4 Å². The predicted octanol–water partition coefficient (Wildman–Crippen LogP) is 2.11. The molecular weight excluding hydrogens is 283 g/mol. The Morgan fingerprint density at radius 3 is 2.88 bits per heavy atom. The number of hydrogen-bond acceptors (Lipinski definition) is 3. The molecule has 0 saturated heterocycles.